The second kappa shape index (κ2) is 2.85. The number of nitrogens with two attached hydrogens (primary N) is 1. The molecule has 64 valence electrons. The summed E-state index contributed by atoms with van der Waals surface area (Å²) in [6.07, 6.45) is 0. The Bertz CT molecular complexity index is 308. The van der Waals surface area contributed by atoms with E-state index in [0.717, 1.165) is 11.1 Å². The van der Waals surface area contributed by atoms with E-state index in [0.29, 0.717) is 5.56 Å². The number of hydrogen-bond acceptors (Lipinski definition) is 2. The first-order chi connectivity index (χ1) is 5.52. The van der Waals surface area contributed by atoms with E-state index in [1.165, 1.54) is 6.07 Å². The first kappa shape index (κ1) is 8.59. The van der Waals surface area contributed by atoms with Gasteiger partial charge in [-0.2, -0.15) is 0 Å². The molecule has 0 radical (unpaired) electrons. The Kier molecular flexibility index (Phi) is 2.04. The zero-order chi connectivity index (χ0) is 9.30. The van der Waals surface area contributed by atoms with Crippen LogP contribution in [-0.2, 0) is 0 Å². The van der Waals surface area contributed by atoms with Gasteiger partial charge in [0, 0.05) is 5.56 Å². The molecule has 0 spiro atoms. The van der Waals surface area contributed by atoms with Crippen molar-refractivity contribution in [3.8, 4) is 5.75 Å². The highest BCUT2D eigenvalue weighted by molar-refractivity contribution is 5.93. The van der Waals surface area contributed by atoms with Crippen molar-refractivity contribution in [3.05, 3.63) is 28.8 Å². The van der Waals surface area contributed by atoms with Gasteiger partial charge in [-0.15, -0.1) is 0 Å². The number of carbonyl (C=O) groups is 1. The molecule has 0 atom stereocenters. The molecule has 12 heavy (non-hydrogen) atoms. The van der Waals surface area contributed by atoms with Gasteiger partial charge in [0.15, 0.2) is 0 Å². The topological polar surface area (TPSA) is 63.3 Å². The van der Waals surface area contributed by atoms with Crippen LogP contribution in [0.15, 0.2) is 12.1 Å². The second-order valence-corrected chi connectivity index (χ2v) is 2.80. The van der Waals surface area contributed by atoms with E-state index in [-0.39, 0.29) is 5.75 Å². The zero-order valence-corrected chi connectivity index (χ0v) is 7.09. The smallest absolute Gasteiger partial charge is 0.248 e. The van der Waals surface area contributed by atoms with Gasteiger partial charge in [-0.1, -0.05) is 0 Å². The summed E-state index contributed by atoms with van der Waals surface area (Å²) in [4.78, 5) is 10.7. The van der Waals surface area contributed by atoms with Crippen LogP contribution in [0.5, 0.6) is 5.75 Å². The number of aromatic hydroxyl groups is 1. The molecule has 1 aromatic carbocycles. The first-order valence-electron chi connectivity index (χ1n) is 3.62. The Hall–Kier alpha value is -1.51. The van der Waals surface area contributed by atoms with Gasteiger partial charge >= 0.3 is 0 Å². The normalized spacial score (nSPS) is 9.83. The number of amides is 1. The van der Waals surface area contributed by atoms with E-state index < -0.39 is 5.91 Å². The van der Waals surface area contributed by atoms with E-state index in [2.05, 4.69) is 0 Å². The molecule has 0 saturated heterocycles. The standard InChI is InChI=1S/C9H11NO2/c1-5-3-7(9(10)12)4-8(11)6(5)2/h3-4,11H,1-2H3,(H2,10,12). The summed E-state index contributed by atoms with van der Waals surface area (Å²) >= 11 is 0. The van der Waals surface area contributed by atoms with Crippen molar-refractivity contribution in [1.82, 2.24) is 0 Å². The number of hydrogen-bond donors (Lipinski definition) is 2. The summed E-state index contributed by atoms with van der Waals surface area (Å²) in [5, 5.41) is 9.32. The largest absolute Gasteiger partial charge is 0.508 e. The maximum absolute atomic E-state index is 10.7. The van der Waals surface area contributed by atoms with Crippen LogP contribution in [-0.4, -0.2) is 11.0 Å². The van der Waals surface area contributed by atoms with Gasteiger partial charge in [0.2, 0.25) is 5.91 Å². The lowest BCUT2D eigenvalue weighted by Crippen LogP contribution is -2.11. The maximum Gasteiger partial charge on any atom is 0.248 e. The molecule has 3 nitrogen and oxygen atoms in total. The van der Waals surface area contributed by atoms with Gasteiger partial charge in [0.1, 0.15) is 5.75 Å². The summed E-state index contributed by atoms with van der Waals surface area (Å²) in [6.45, 7) is 3.61. The lowest BCUT2D eigenvalue weighted by Gasteiger charge is -2.04. The average Bonchev–Trinajstić information content (AvgIpc) is 1.99. The molecule has 0 heterocycles. The fraction of sp³-hybridized carbons (Fsp3) is 0.222. The fourth-order valence-electron chi connectivity index (χ4n) is 0.983. The van der Waals surface area contributed by atoms with Crippen molar-refractivity contribution in [2.45, 2.75) is 13.8 Å². The summed E-state index contributed by atoms with van der Waals surface area (Å²) in [5.74, 6) is -0.405. The lowest BCUT2D eigenvalue weighted by molar-refractivity contribution is 0.1000. The number of benzene rings is 1. The number of primary amides is 1. The van der Waals surface area contributed by atoms with Crippen LogP contribution in [0.25, 0.3) is 0 Å². The molecule has 0 unspecified atom stereocenters. The molecule has 0 aliphatic carbocycles. The van der Waals surface area contributed by atoms with Gasteiger partial charge in [0.05, 0.1) is 0 Å². The van der Waals surface area contributed by atoms with Gasteiger partial charge in [0.25, 0.3) is 0 Å². The van der Waals surface area contributed by atoms with E-state index in [4.69, 9.17) is 5.73 Å². The SMILES string of the molecule is Cc1cc(C(N)=O)cc(O)c1C. The number of rotatable bonds is 1. The highest BCUT2D eigenvalue weighted by Crippen LogP contribution is 2.21. The molecular formula is C9H11NO2. The number of aryl methyl sites for hydroxylation is 1. The summed E-state index contributed by atoms with van der Waals surface area (Å²) in [5.41, 5.74) is 7.04. The van der Waals surface area contributed by atoms with Crippen LogP contribution in [0.1, 0.15) is 21.5 Å². The molecule has 0 saturated carbocycles. The Morgan fingerprint density at radius 1 is 1.42 bits per heavy atom. The van der Waals surface area contributed by atoms with Crippen molar-refractivity contribution in [2.24, 2.45) is 5.73 Å². The van der Waals surface area contributed by atoms with E-state index >= 15 is 0 Å². The Labute approximate surface area is 70.8 Å². The molecule has 1 rings (SSSR count). The molecule has 0 aliphatic heterocycles. The molecule has 1 aromatic rings. The Morgan fingerprint density at radius 3 is 2.42 bits per heavy atom. The minimum Gasteiger partial charge on any atom is -0.508 e. The fourth-order valence-corrected chi connectivity index (χ4v) is 0.983. The predicted octanol–water partition coefficient (Wildman–Crippen LogP) is 1.11. The van der Waals surface area contributed by atoms with Gasteiger partial charge in [-0.05, 0) is 37.1 Å². The van der Waals surface area contributed by atoms with Crippen molar-refractivity contribution < 1.29 is 9.90 Å². The summed E-state index contributed by atoms with van der Waals surface area (Å²) in [7, 11) is 0. The van der Waals surface area contributed by atoms with E-state index in [1.807, 2.05) is 6.92 Å². The molecular weight excluding hydrogens is 154 g/mol. The number of phenolic OH excluding ortho intramolecular Hbond substituents is 1. The van der Waals surface area contributed by atoms with Crippen LogP contribution in [0, 0.1) is 13.8 Å². The van der Waals surface area contributed by atoms with Gasteiger partial charge < -0.3 is 10.8 Å². The minimum atomic E-state index is -0.520. The number of carbonyl (C=O) groups excluding carboxylic acids is 1. The third kappa shape index (κ3) is 1.39. The molecule has 3 heteroatoms. The summed E-state index contributed by atoms with van der Waals surface area (Å²) in [6, 6.07) is 3.04. The monoisotopic (exact) mass is 165 g/mol. The van der Waals surface area contributed by atoms with Crippen molar-refractivity contribution in [3.63, 3.8) is 0 Å². The van der Waals surface area contributed by atoms with E-state index in [1.54, 1.807) is 13.0 Å². The maximum atomic E-state index is 10.7. The predicted molar refractivity (Wildman–Crippen MR) is 46.1 cm³/mol. The molecule has 0 aliphatic rings. The first-order valence-corrected chi connectivity index (χ1v) is 3.62. The number of phenols is 1. The van der Waals surface area contributed by atoms with Crippen LogP contribution >= 0.6 is 0 Å². The second-order valence-electron chi connectivity index (χ2n) is 2.80. The molecule has 0 aromatic heterocycles. The average molecular weight is 165 g/mol. The quantitative estimate of drug-likeness (QED) is 0.654. The third-order valence-corrected chi connectivity index (χ3v) is 1.92. The van der Waals surface area contributed by atoms with Crippen LogP contribution in [0.3, 0.4) is 0 Å². The van der Waals surface area contributed by atoms with Crippen molar-refractivity contribution >= 4 is 5.91 Å². The van der Waals surface area contributed by atoms with Crippen molar-refractivity contribution in [1.29, 1.82) is 0 Å². The Morgan fingerprint density at radius 2 is 2.00 bits per heavy atom. The third-order valence-electron chi connectivity index (χ3n) is 1.92. The minimum absolute atomic E-state index is 0.115. The molecule has 3 N–H and O–H groups in total. The lowest BCUT2D eigenvalue weighted by atomic mass is 10.0. The Balaban J connectivity index is 3.31. The molecule has 0 bridgehead atoms. The van der Waals surface area contributed by atoms with Crippen LogP contribution in [0.4, 0.5) is 0 Å². The van der Waals surface area contributed by atoms with Gasteiger partial charge in [-0.25, -0.2) is 0 Å². The van der Waals surface area contributed by atoms with Crippen LogP contribution < -0.4 is 5.73 Å². The van der Waals surface area contributed by atoms with Gasteiger partial charge in [-0.3, -0.25) is 4.79 Å². The molecule has 1 amide bonds. The molecule has 0 fully saturated rings. The van der Waals surface area contributed by atoms with Crippen LogP contribution in [0.2, 0.25) is 0 Å². The van der Waals surface area contributed by atoms with Crippen molar-refractivity contribution in [2.75, 3.05) is 0 Å². The summed E-state index contributed by atoms with van der Waals surface area (Å²) < 4.78 is 0. The van der Waals surface area contributed by atoms with E-state index in [9.17, 15) is 9.90 Å². The highest BCUT2D eigenvalue weighted by Gasteiger charge is 2.06. The zero-order valence-electron chi connectivity index (χ0n) is 7.09. The highest BCUT2D eigenvalue weighted by atomic mass is 16.3.